The molecule has 0 spiro atoms. The number of hydrogen-bond acceptors (Lipinski definition) is 5. The van der Waals surface area contributed by atoms with Crippen molar-refractivity contribution in [1.29, 1.82) is 0 Å². The van der Waals surface area contributed by atoms with Crippen LogP contribution in [0.25, 0.3) is 0 Å². The van der Waals surface area contributed by atoms with Gasteiger partial charge in [0.1, 0.15) is 5.82 Å². The van der Waals surface area contributed by atoms with E-state index in [1.54, 1.807) is 11.3 Å². The molecular formula is C20H30IN5OS. The van der Waals surface area contributed by atoms with E-state index in [1.165, 1.54) is 4.88 Å². The molecule has 8 heteroatoms. The maximum absolute atomic E-state index is 5.63. The quantitative estimate of drug-likeness (QED) is 0.348. The zero-order chi connectivity index (χ0) is 19.1. The zero-order valence-corrected chi connectivity index (χ0v) is 19.9. The summed E-state index contributed by atoms with van der Waals surface area (Å²) in [7, 11) is 0. The summed E-state index contributed by atoms with van der Waals surface area (Å²) in [6.45, 7) is 10.3. The molecule has 0 saturated carbocycles. The molecule has 2 unspecified atom stereocenters. The van der Waals surface area contributed by atoms with Crippen molar-refractivity contribution < 1.29 is 4.74 Å². The summed E-state index contributed by atoms with van der Waals surface area (Å²) in [5.41, 5.74) is 1.15. The molecular weight excluding hydrogens is 485 g/mol. The first-order valence-corrected chi connectivity index (χ1v) is 10.4. The molecule has 0 aromatic carbocycles. The molecule has 6 nitrogen and oxygen atoms in total. The third-order valence-corrected chi connectivity index (χ3v) is 5.52. The summed E-state index contributed by atoms with van der Waals surface area (Å²) in [4.78, 5) is 12.9. The van der Waals surface area contributed by atoms with E-state index in [-0.39, 0.29) is 36.1 Å². The molecule has 2 atom stereocenters. The van der Waals surface area contributed by atoms with Crippen molar-refractivity contribution in [3.8, 4) is 0 Å². The predicted octanol–water partition coefficient (Wildman–Crippen LogP) is 3.80. The lowest BCUT2D eigenvalue weighted by atomic mass is 10.2. The van der Waals surface area contributed by atoms with Gasteiger partial charge in [0, 0.05) is 30.7 Å². The molecule has 2 N–H and O–H groups in total. The van der Waals surface area contributed by atoms with Gasteiger partial charge < -0.3 is 20.3 Å². The van der Waals surface area contributed by atoms with Gasteiger partial charge in [-0.3, -0.25) is 0 Å². The van der Waals surface area contributed by atoms with E-state index in [2.05, 4.69) is 64.9 Å². The molecule has 0 aliphatic carbocycles. The number of thiophene rings is 1. The molecule has 28 heavy (non-hydrogen) atoms. The fourth-order valence-corrected chi connectivity index (χ4v) is 3.80. The second-order valence-corrected chi connectivity index (χ2v) is 7.71. The van der Waals surface area contributed by atoms with E-state index in [9.17, 15) is 0 Å². The number of rotatable bonds is 6. The van der Waals surface area contributed by atoms with E-state index in [4.69, 9.17) is 9.73 Å². The van der Waals surface area contributed by atoms with Gasteiger partial charge in [0.15, 0.2) is 5.96 Å². The average molecular weight is 515 g/mol. The minimum absolute atomic E-state index is 0. The molecule has 1 fully saturated rings. The van der Waals surface area contributed by atoms with Crippen LogP contribution in [0.5, 0.6) is 0 Å². The van der Waals surface area contributed by atoms with Gasteiger partial charge in [-0.2, -0.15) is 0 Å². The number of hydrogen-bond donors (Lipinski definition) is 2. The Morgan fingerprint density at radius 3 is 3.04 bits per heavy atom. The smallest absolute Gasteiger partial charge is 0.192 e. The number of nitrogens with one attached hydrogen (secondary N) is 2. The molecule has 2 aromatic heterocycles. The molecule has 1 aliphatic heterocycles. The van der Waals surface area contributed by atoms with Gasteiger partial charge in [0.25, 0.3) is 0 Å². The van der Waals surface area contributed by atoms with Crippen LogP contribution >= 0.6 is 35.3 Å². The monoisotopic (exact) mass is 515 g/mol. The number of ether oxygens (including phenoxy) is 1. The Labute approximate surface area is 188 Å². The van der Waals surface area contributed by atoms with Crippen LogP contribution in [0.3, 0.4) is 0 Å². The summed E-state index contributed by atoms with van der Waals surface area (Å²) in [6.07, 6.45) is 2.11. The average Bonchev–Trinajstić information content (AvgIpc) is 3.21. The van der Waals surface area contributed by atoms with Crippen molar-refractivity contribution in [2.75, 3.05) is 31.1 Å². The normalized spacial score (nSPS) is 18.3. The van der Waals surface area contributed by atoms with E-state index in [0.29, 0.717) is 6.54 Å². The highest BCUT2D eigenvalue weighted by Crippen LogP contribution is 2.19. The van der Waals surface area contributed by atoms with Gasteiger partial charge in [-0.05, 0) is 49.9 Å². The molecule has 1 aliphatic rings. The summed E-state index contributed by atoms with van der Waals surface area (Å²) >= 11 is 1.75. The Morgan fingerprint density at radius 1 is 1.46 bits per heavy atom. The highest BCUT2D eigenvalue weighted by atomic mass is 127. The van der Waals surface area contributed by atoms with Gasteiger partial charge in [0.05, 0.1) is 25.3 Å². The highest BCUT2D eigenvalue weighted by Gasteiger charge is 2.18. The lowest BCUT2D eigenvalue weighted by Gasteiger charge is -2.32. The van der Waals surface area contributed by atoms with Crippen molar-refractivity contribution in [3.05, 3.63) is 46.3 Å². The number of nitrogens with zero attached hydrogens (tertiary/aromatic N) is 3. The highest BCUT2D eigenvalue weighted by molar-refractivity contribution is 14.0. The SMILES string of the molecule is CCNC(=NCc1ccnc(N2CCOC(C)C2)c1)NC(C)c1cccs1.I. The Balaban J connectivity index is 0.00000280. The van der Waals surface area contributed by atoms with Crippen LogP contribution in [0, 0.1) is 0 Å². The zero-order valence-electron chi connectivity index (χ0n) is 16.7. The molecule has 2 aromatic rings. The van der Waals surface area contributed by atoms with Crippen molar-refractivity contribution in [2.24, 2.45) is 4.99 Å². The minimum atomic E-state index is 0. The van der Waals surface area contributed by atoms with Gasteiger partial charge in [-0.15, -0.1) is 35.3 Å². The Kier molecular flexibility index (Phi) is 9.46. The van der Waals surface area contributed by atoms with Crippen molar-refractivity contribution in [3.63, 3.8) is 0 Å². The maximum Gasteiger partial charge on any atom is 0.192 e. The molecule has 1 saturated heterocycles. The summed E-state index contributed by atoms with van der Waals surface area (Å²) < 4.78 is 5.63. The number of aliphatic imine (C=N–C) groups is 1. The Morgan fingerprint density at radius 2 is 2.32 bits per heavy atom. The fraction of sp³-hybridized carbons (Fsp3) is 0.500. The van der Waals surface area contributed by atoms with Gasteiger partial charge in [-0.25, -0.2) is 9.98 Å². The second kappa shape index (κ2) is 11.6. The van der Waals surface area contributed by atoms with Crippen molar-refractivity contribution >= 4 is 47.1 Å². The largest absolute Gasteiger partial charge is 0.375 e. The van der Waals surface area contributed by atoms with Gasteiger partial charge in [-0.1, -0.05) is 6.07 Å². The summed E-state index contributed by atoms with van der Waals surface area (Å²) in [6, 6.07) is 8.61. The van der Waals surface area contributed by atoms with E-state index in [1.807, 2.05) is 12.3 Å². The molecule has 154 valence electrons. The van der Waals surface area contributed by atoms with Gasteiger partial charge >= 0.3 is 0 Å². The first-order valence-electron chi connectivity index (χ1n) is 9.55. The first kappa shape index (κ1) is 22.9. The lowest BCUT2D eigenvalue weighted by molar-refractivity contribution is 0.0529. The number of halogens is 1. The maximum atomic E-state index is 5.63. The van der Waals surface area contributed by atoms with Crippen LogP contribution in [0.2, 0.25) is 0 Å². The van der Waals surface area contributed by atoms with Gasteiger partial charge in [0.2, 0.25) is 0 Å². The van der Waals surface area contributed by atoms with E-state index < -0.39 is 0 Å². The third kappa shape index (κ3) is 6.59. The van der Waals surface area contributed by atoms with Crippen molar-refractivity contribution in [2.45, 2.75) is 39.5 Å². The Hall–Kier alpha value is -1.39. The van der Waals surface area contributed by atoms with Crippen LogP contribution in [0.1, 0.15) is 37.3 Å². The molecule has 3 rings (SSSR count). The molecule has 0 radical (unpaired) electrons. The standard InChI is InChI=1S/C20H29N5OS.HI/c1-4-21-20(24-16(3)18-6-5-11-27-18)23-13-17-7-8-22-19(12-17)25-9-10-26-15(2)14-25;/h5-8,11-12,15-16H,4,9-10,13-14H2,1-3H3,(H2,21,23,24);1H. The van der Waals surface area contributed by atoms with Crippen LogP contribution < -0.4 is 15.5 Å². The van der Waals surface area contributed by atoms with Crippen LogP contribution in [0.4, 0.5) is 5.82 Å². The molecule has 0 amide bonds. The minimum Gasteiger partial charge on any atom is -0.375 e. The number of anilines is 1. The fourth-order valence-electron chi connectivity index (χ4n) is 3.06. The van der Waals surface area contributed by atoms with E-state index >= 15 is 0 Å². The number of aromatic nitrogens is 1. The van der Waals surface area contributed by atoms with E-state index in [0.717, 1.165) is 43.6 Å². The third-order valence-electron chi connectivity index (χ3n) is 4.46. The lowest BCUT2D eigenvalue weighted by Crippen LogP contribution is -2.41. The molecule has 0 bridgehead atoms. The number of guanidine groups is 1. The number of pyridine rings is 1. The predicted molar refractivity (Wildman–Crippen MR) is 128 cm³/mol. The summed E-state index contributed by atoms with van der Waals surface area (Å²) in [5.74, 6) is 1.83. The molecule has 3 heterocycles. The topological polar surface area (TPSA) is 61.8 Å². The van der Waals surface area contributed by atoms with Crippen molar-refractivity contribution in [1.82, 2.24) is 15.6 Å². The Bertz CT molecular complexity index is 740. The summed E-state index contributed by atoms with van der Waals surface area (Å²) in [5, 5.41) is 8.91. The second-order valence-electron chi connectivity index (χ2n) is 6.73. The van der Waals surface area contributed by atoms with Crippen LogP contribution in [-0.2, 0) is 11.3 Å². The van der Waals surface area contributed by atoms with Crippen LogP contribution in [-0.4, -0.2) is 43.3 Å². The number of morpholine rings is 1. The first-order chi connectivity index (χ1) is 13.2. The van der Waals surface area contributed by atoms with Crippen LogP contribution in [0.15, 0.2) is 40.8 Å².